The van der Waals surface area contributed by atoms with Crippen LogP contribution in [0, 0.1) is 0 Å². The molecule has 1 rings (SSSR count). The summed E-state index contributed by atoms with van der Waals surface area (Å²) in [6.07, 6.45) is 13.7. The van der Waals surface area contributed by atoms with Crippen molar-refractivity contribution in [2.75, 3.05) is 13.1 Å². The van der Waals surface area contributed by atoms with Crippen molar-refractivity contribution in [2.24, 2.45) is 0 Å². The van der Waals surface area contributed by atoms with Gasteiger partial charge in [-0.05, 0) is 45.7 Å². The maximum absolute atomic E-state index is 6.21. The van der Waals surface area contributed by atoms with Crippen molar-refractivity contribution in [1.82, 2.24) is 4.90 Å². The van der Waals surface area contributed by atoms with Crippen LogP contribution in [0.15, 0.2) is 0 Å². The number of likely N-dealkylation sites (tertiary alicyclic amines) is 1. The Balaban J connectivity index is 2.27. The second-order valence-corrected chi connectivity index (χ2v) is 6.71. The highest BCUT2D eigenvalue weighted by Gasteiger charge is 2.21. The van der Waals surface area contributed by atoms with Crippen LogP contribution in [0.25, 0.3) is 0 Å². The lowest BCUT2D eigenvalue weighted by molar-refractivity contribution is 0.186. The van der Waals surface area contributed by atoms with Gasteiger partial charge in [-0.3, -0.25) is 0 Å². The van der Waals surface area contributed by atoms with Crippen LogP contribution in [0.2, 0.25) is 0 Å². The molecule has 1 aliphatic rings. The molecule has 1 aliphatic heterocycles. The van der Waals surface area contributed by atoms with Crippen LogP contribution in [0.3, 0.4) is 0 Å². The molecule has 108 valence electrons. The van der Waals surface area contributed by atoms with Crippen LogP contribution in [0.5, 0.6) is 0 Å². The average Bonchev–Trinajstić information content (AvgIpc) is 2.54. The predicted octanol–water partition coefficient (Wildman–Crippen LogP) is 5.22. The number of hydrogen-bond acceptors (Lipinski definition) is 1. The number of rotatable bonds is 8. The fourth-order valence-corrected chi connectivity index (χ4v) is 3.30. The molecule has 0 N–H and O–H groups in total. The van der Waals surface area contributed by atoms with E-state index in [0.717, 1.165) is 6.04 Å². The zero-order valence-corrected chi connectivity index (χ0v) is 13.2. The molecule has 0 aromatic heterocycles. The summed E-state index contributed by atoms with van der Waals surface area (Å²) in [4.78, 5) is 2.73. The fraction of sp³-hybridized carbons (Fsp3) is 1.00. The summed E-state index contributed by atoms with van der Waals surface area (Å²) >= 11 is 6.21. The standard InChI is InChI=1S/C16H32ClN/c1-3-4-5-6-9-12-18-13-10-7-8-11-16(18)14-15(2)17/h15-16H,3-14H2,1-2H3. The third kappa shape index (κ3) is 6.99. The number of alkyl halides is 1. The van der Waals surface area contributed by atoms with Gasteiger partial charge in [0.15, 0.2) is 0 Å². The highest BCUT2D eigenvalue weighted by Crippen LogP contribution is 2.22. The monoisotopic (exact) mass is 273 g/mol. The van der Waals surface area contributed by atoms with Crippen molar-refractivity contribution in [2.45, 2.75) is 89.5 Å². The van der Waals surface area contributed by atoms with Gasteiger partial charge in [0.2, 0.25) is 0 Å². The first-order valence-corrected chi connectivity index (χ1v) is 8.55. The summed E-state index contributed by atoms with van der Waals surface area (Å²) in [5.74, 6) is 0. The molecule has 2 atom stereocenters. The summed E-state index contributed by atoms with van der Waals surface area (Å²) in [6.45, 7) is 7.04. The van der Waals surface area contributed by atoms with Gasteiger partial charge < -0.3 is 4.90 Å². The van der Waals surface area contributed by atoms with Crippen molar-refractivity contribution < 1.29 is 0 Å². The number of halogens is 1. The van der Waals surface area contributed by atoms with Gasteiger partial charge in [0, 0.05) is 11.4 Å². The Hall–Kier alpha value is 0.250. The molecule has 0 bridgehead atoms. The zero-order chi connectivity index (χ0) is 13.2. The van der Waals surface area contributed by atoms with E-state index in [9.17, 15) is 0 Å². The largest absolute Gasteiger partial charge is 0.300 e. The van der Waals surface area contributed by atoms with Gasteiger partial charge in [-0.15, -0.1) is 11.6 Å². The minimum Gasteiger partial charge on any atom is -0.300 e. The molecule has 0 aromatic carbocycles. The first kappa shape index (κ1) is 16.3. The van der Waals surface area contributed by atoms with E-state index in [1.54, 1.807) is 0 Å². The molecule has 1 nitrogen and oxygen atoms in total. The highest BCUT2D eigenvalue weighted by molar-refractivity contribution is 6.20. The summed E-state index contributed by atoms with van der Waals surface area (Å²) in [5, 5.41) is 0.329. The maximum Gasteiger partial charge on any atom is 0.0322 e. The molecule has 0 aliphatic carbocycles. The molecule has 0 saturated carbocycles. The molecule has 0 aromatic rings. The lowest BCUT2D eigenvalue weighted by Gasteiger charge is -2.30. The van der Waals surface area contributed by atoms with Crippen molar-refractivity contribution in [1.29, 1.82) is 0 Å². The highest BCUT2D eigenvalue weighted by atomic mass is 35.5. The van der Waals surface area contributed by atoms with Crippen molar-refractivity contribution in [3.8, 4) is 0 Å². The van der Waals surface area contributed by atoms with Crippen LogP contribution >= 0.6 is 11.6 Å². The SMILES string of the molecule is CCCCCCCN1CCCCCC1CC(C)Cl. The zero-order valence-electron chi connectivity index (χ0n) is 12.5. The Morgan fingerprint density at radius 2 is 1.89 bits per heavy atom. The molecule has 2 heteroatoms. The first-order chi connectivity index (χ1) is 8.74. The quantitative estimate of drug-likeness (QED) is 0.433. The van der Waals surface area contributed by atoms with Gasteiger partial charge in [0.25, 0.3) is 0 Å². The molecule has 0 radical (unpaired) electrons. The maximum atomic E-state index is 6.21. The van der Waals surface area contributed by atoms with E-state index in [1.165, 1.54) is 77.3 Å². The summed E-state index contributed by atoms with van der Waals surface area (Å²) in [7, 11) is 0. The Labute approximate surface area is 119 Å². The average molecular weight is 274 g/mol. The van der Waals surface area contributed by atoms with Gasteiger partial charge >= 0.3 is 0 Å². The second kappa shape index (κ2) is 10.1. The topological polar surface area (TPSA) is 3.24 Å². The normalized spacial score (nSPS) is 23.8. The smallest absolute Gasteiger partial charge is 0.0322 e. The molecule has 0 amide bonds. The van der Waals surface area contributed by atoms with Crippen LogP contribution in [-0.2, 0) is 0 Å². The van der Waals surface area contributed by atoms with E-state index < -0.39 is 0 Å². The Bertz CT molecular complexity index is 194. The van der Waals surface area contributed by atoms with E-state index in [1.807, 2.05) is 0 Å². The molecule has 18 heavy (non-hydrogen) atoms. The van der Waals surface area contributed by atoms with Crippen LogP contribution in [-0.4, -0.2) is 29.4 Å². The molecular weight excluding hydrogens is 242 g/mol. The van der Waals surface area contributed by atoms with Gasteiger partial charge in [0.05, 0.1) is 0 Å². The Morgan fingerprint density at radius 3 is 2.61 bits per heavy atom. The van der Waals surface area contributed by atoms with Crippen LogP contribution < -0.4 is 0 Å². The lowest BCUT2D eigenvalue weighted by Crippen LogP contribution is -2.37. The molecule has 1 fully saturated rings. The van der Waals surface area contributed by atoms with E-state index >= 15 is 0 Å². The van der Waals surface area contributed by atoms with E-state index in [0.29, 0.717) is 5.38 Å². The van der Waals surface area contributed by atoms with Crippen molar-refractivity contribution in [3.05, 3.63) is 0 Å². The second-order valence-electron chi connectivity index (χ2n) is 5.97. The minimum atomic E-state index is 0.329. The summed E-state index contributed by atoms with van der Waals surface area (Å²) in [5.41, 5.74) is 0. The third-order valence-electron chi connectivity index (χ3n) is 4.14. The van der Waals surface area contributed by atoms with Gasteiger partial charge in [-0.2, -0.15) is 0 Å². The van der Waals surface area contributed by atoms with Crippen molar-refractivity contribution >= 4 is 11.6 Å². The van der Waals surface area contributed by atoms with E-state index in [-0.39, 0.29) is 0 Å². The van der Waals surface area contributed by atoms with E-state index in [2.05, 4.69) is 18.7 Å². The first-order valence-electron chi connectivity index (χ1n) is 8.12. The Kier molecular flexibility index (Phi) is 9.14. The third-order valence-corrected chi connectivity index (χ3v) is 4.32. The molecule has 1 saturated heterocycles. The van der Waals surface area contributed by atoms with Crippen molar-refractivity contribution in [3.63, 3.8) is 0 Å². The van der Waals surface area contributed by atoms with Gasteiger partial charge in [0.1, 0.15) is 0 Å². The number of nitrogens with zero attached hydrogens (tertiary/aromatic N) is 1. The molecule has 2 unspecified atom stereocenters. The summed E-state index contributed by atoms with van der Waals surface area (Å²) in [6, 6.07) is 0.756. The van der Waals surface area contributed by atoms with Gasteiger partial charge in [-0.1, -0.05) is 45.4 Å². The van der Waals surface area contributed by atoms with Crippen LogP contribution in [0.1, 0.15) is 78.1 Å². The Morgan fingerprint density at radius 1 is 1.11 bits per heavy atom. The number of unbranched alkanes of at least 4 members (excludes halogenated alkanes) is 4. The molecular formula is C16H32ClN. The predicted molar refractivity (Wildman–Crippen MR) is 82.5 cm³/mol. The fourth-order valence-electron chi connectivity index (χ4n) is 3.09. The molecule has 1 heterocycles. The van der Waals surface area contributed by atoms with E-state index in [4.69, 9.17) is 11.6 Å². The van der Waals surface area contributed by atoms with Gasteiger partial charge in [-0.25, -0.2) is 0 Å². The summed E-state index contributed by atoms with van der Waals surface area (Å²) < 4.78 is 0. The lowest BCUT2D eigenvalue weighted by atomic mass is 10.0. The molecule has 0 spiro atoms. The minimum absolute atomic E-state index is 0.329. The number of hydrogen-bond donors (Lipinski definition) is 0. The van der Waals surface area contributed by atoms with Crippen LogP contribution in [0.4, 0.5) is 0 Å².